The normalized spacial score (nSPS) is 16.0. The summed E-state index contributed by atoms with van der Waals surface area (Å²) in [5, 5.41) is 3.43. The third kappa shape index (κ3) is 3.95. The number of anilines is 1. The lowest BCUT2D eigenvalue weighted by Crippen LogP contribution is -2.44. The van der Waals surface area contributed by atoms with E-state index in [0.717, 1.165) is 0 Å². The quantitative estimate of drug-likeness (QED) is 0.688. The molecule has 1 unspecified atom stereocenters. The molecule has 154 valence electrons. The van der Waals surface area contributed by atoms with Crippen molar-refractivity contribution in [3.05, 3.63) is 65.6 Å². The van der Waals surface area contributed by atoms with Gasteiger partial charge in [-0.3, -0.25) is 14.6 Å². The van der Waals surface area contributed by atoms with E-state index in [-0.39, 0.29) is 11.8 Å². The lowest BCUT2D eigenvalue weighted by atomic mass is 10.1. The van der Waals surface area contributed by atoms with Gasteiger partial charge in [0.1, 0.15) is 17.6 Å². The number of carbonyl (C=O) groups excluding carboxylic acids is 2. The number of pyridine rings is 1. The Morgan fingerprint density at radius 1 is 1.20 bits per heavy atom. The van der Waals surface area contributed by atoms with Crippen LogP contribution in [0.25, 0.3) is 10.9 Å². The summed E-state index contributed by atoms with van der Waals surface area (Å²) in [6, 6.07) is 12.3. The van der Waals surface area contributed by atoms with Crippen LogP contribution in [0.4, 0.5) is 10.1 Å². The standard InChI is InChI=1S/C22H20FN3O3S/c1-13-9-18(17-8-3-14(23)10-19(17)24-13)22(28)26-12-30-11-20(26)21(27)25-15-4-6-16(29-2)7-5-15/h3-10,20H,11-12H2,1-2H3,(H,25,27). The van der Waals surface area contributed by atoms with Crippen LogP contribution < -0.4 is 10.1 Å². The fraction of sp³-hybridized carbons (Fsp3) is 0.227. The molecule has 2 heterocycles. The molecule has 0 aliphatic carbocycles. The molecule has 6 nitrogen and oxygen atoms in total. The molecule has 2 amide bonds. The Labute approximate surface area is 177 Å². The first-order valence-corrected chi connectivity index (χ1v) is 10.5. The summed E-state index contributed by atoms with van der Waals surface area (Å²) in [5.74, 6) is 0.676. The second kappa shape index (κ2) is 8.31. The van der Waals surface area contributed by atoms with Crippen LogP contribution in [-0.2, 0) is 4.79 Å². The molecular weight excluding hydrogens is 405 g/mol. The number of rotatable bonds is 4. The van der Waals surface area contributed by atoms with Crippen molar-refractivity contribution >= 4 is 40.2 Å². The van der Waals surface area contributed by atoms with Crippen molar-refractivity contribution in [2.45, 2.75) is 13.0 Å². The van der Waals surface area contributed by atoms with E-state index in [4.69, 9.17) is 4.74 Å². The van der Waals surface area contributed by atoms with E-state index in [9.17, 15) is 14.0 Å². The number of ether oxygens (including phenoxy) is 1. The lowest BCUT2D eigenvalue weighted by Gasteiger charge is -2.24. The lowest BCUT2D eigenvalue weighted by molar-refractivity contribution is -0.119. The molecular formula is C22H20FN3O3S. The van der Waals surface area contributed by atoms with Crippen LogP contribution in [0.1, 0.15) is 16.1 Å². The van der Waals surface area contributed by atoms with Crippen molar-refractivity contribution in [2.75, 3.05) is 24.1 Å². The number of thioether (sulfide) groups is 1. The SMILES string of the molecule is COc1ccc(NC(=O)C2CSCN2C(=O)c2cc(C)nc3cc(F)ccc23)cc1. The Hall–Kier alpha value is -3.13. The topological polar surface area (TPSA) is 71.5 Å². The van der Waals surface area contributed by atoms with Crippen LogP contribution in [0, 0.1) is 12.7 Å². The van der Waals surface area contributed by atoms with Crippen molar-refractivity contribution in [3.63, 3.8) is 0 Å². The van der Waals surface area contributed by atoms with Crippen LogP contribution in [0.3, 0.4) is 0 Å². The predicted molar refractivity (Wildman–Crippen MR) is 115 cm³/mol. The zero-order valence-corrected chi connectivity index (χ0v) is 17.3. The Balaban J connectivity index is 1.59. The zero-order valence-electron chi connectivity index (χ0n) is 16.5. The predicted octanol–water partition coefficient (Wildman–Crippen LogP) is 3.84. The molecule has 1 atom stereocenters. The first kappa shape index (κ1) is 20.2. The number of benzene rings is 2. The number of halogens is 1. The number of nitrogens with one attached hydrogen (secondary N) is 1. The minimum absolute atomic E-state index is 0.250. The number of fused-ring (bicyclic) bond motifs is 1. The highest BCUT2D eigenvalue weighted by molar-refractivity contribution is 7.99. The number of methoxy groups -OCH3 is 1. The summed E-state index contributed by atoms with van der Waals surface area (Å²) in [6.45, 7) is 1.76. The summed E-state index contributed by atoms with van der Waals surface area (Å²) < 4.78 is 18.8. The minimum atomic E-state index is -0.603. The maximum atomic E-state index is 13.6. The largest absolute Gasteiger partial charge is 0.497 e. The van der Waals surface area contributed by atoms with E-state index in [0.29, 0.717) is 45.2 Å². The Morgan fingerprint density at radius 2 is 1.97 bits per heavy atom. The molecule has 0 spiro atoms. The van der Waals surface area contributed by atoms with Crippen molar-refractivity contribution in [1.29, 1.82) is 0 Å². The van der Waals surface area contributed by atoms with E-state index in [1.807, 2.05) is 0 Å². The van der Waals surface area contributed by atoms with Gasteiger partial charge in [0.25, 0.3) is 5.91 Å². The van der Waals surface area contributed by atoms with Crippen molar-refractivity contribution in [2.24, 2.45) is 0 Å². The van der Waals surface area contributed by atoms with Gasteiger partial charge in [-0.1, -0.05) is 0 Å². The monoisotopic (exact) mass is 425 g/mol. The molecule has 3 aromatic rings. The highest BCUT2D eigenvalue weighted by Gasteiger charge is 2.36. The summed E-state index contributed by atoms with van der Waals surface area (Å²) in [5.41, 5.74) is 2.08. The smallest absolute Gasteiger partial charge is 0.256 e. The molecule has 1 aromatic heterocycles. The molecule has 2 aromatic carbocycles. The van der Waals surface area contributed by atoms with E-state index < -0.39 is 11.9 Å². The van der Waals surface area contributed by atoms with Gasteiger partial charge in [0.05, 0.1) is 24.1 Å². The highest BCUT2D eigenvalue weighted by atomic mass is 32.2. The van der Waals surface area contributed by atoms with Crippen LogP contribution in [0.2, 0.25) is 0 Å². The van der Waals surface area contributed by atoms with Crippen LogP contribution >= 0.6 is 11.8 Å². The van der Waals surface area contributed by atoms with Gasteiger partial charge in [0.15, 0.2) is 0 Å². The zero-order chi connectivity index (χ0) is 21.3. The van der Waals surface area contributed by atoms with Gasteiger partial charge in [0, 0.05) is 28.6 Å². The minimum Gasteiger partial charge on any atom is -0.497 e. The van der Waals surface area contributed by atoms with E-state index in [1.54, 1.807) is 55.3 Å². The van der Waals surface area contributed by atoms with Crippen LogP contribution in [0.15, 0.2) is 48.5 Å². The fourth-order valence-electron chi connectivity index (χ4n) is 3.43. The van der Waals surface area contributed by atoms with Crippen LogP contribution in [0.5, 0.6) is 5.75 Å². The molecule has 8 heteroatoms. The number of carbonyl (C=O) groups is 2. The molecule has 1 N–H and O–H groups in total. The van der Waals surface area contributed by atoms with Gasteiger partial charge in [-0.15, -0.1) is 11.8 Å². The number of hydrogen-bond donors (Lipinski definition) is 1. The third-order valence-electron chi connectivity index (χ3n) is 4.93. The number of aryl methyl sites for hydroxylation is 1. The Morgan fingerprint density at radius 3 is 2.70 bits per heavy atom. The summed E-state index contributed by atoms with van der Waals surface area (Å²) in [4.78, 5) is 32.1. The second-order valence-electron chi connectivity index (χ2n) is 6.98. The maximum absolute atomic E-state index is 13.6. The molecule has 30 heavy (non-hydrogen) atoms. The molecule has 0 radical (unpaired) electrons. The Bertz CT molecular complexity index is 1120. The fourth-order valence-corrected chi connectivity index (χ4v) is 4.58. The van der Waals surface area contributed by atoms with E-state index in [1.165, 1.54) is 23.9 Å². The maximum Gasteiger partial charge on any atom is 0.256 e. The van der Waals surface area contributed by atoms with Gasteiger partial charge < -0.3 is 15.0 Å². The van der Waals surface area contributed by atoms with Crippen molar-refractivity contribution < 1.29 is 18.7 Å². The second-order valence-corrected chi connectivity index (χ2v) is 7.98. The van der Waals surface area contributed by atoms with Gasteiger partial charge in [0.2, 0.25) is 5.91 Å². The number of amides is 2. The third-order valence-corrected chi connectivity index (χ3v) is 5.95. The number of nitrogens with zero attached hydrogens (tertiary/aromatic N) is 2. The average Bonchev–Trinajstić information content (AvgIpc) is 3.23. The number of aromatic nitrogens is 1. The van der Waals surface area contributed by atoms with Gasteiger partial charge in [-0.25, -0.2) is 4.39 Å². The first-order chi connectivity index (χ1) is 14.5. The summed E-state index contributed by atoms with van der Waals surface area (Å²) in [6.07, 6.45) is 0. The molecule has 1 aliphatic rings. The average molecular weight is 425 g/mol. The molecule has 0 saturated carbocycles. The molecule has 1 aliphatic heterocycles. The highest BCUT2D eigenvalue weighted by Crippen LogP contribution is 2.28. The molecule has 1 saturated heterocycles. The van der Waals surface area contributed by atoms with Gasteiger partial charge in [-0.2, -0.15) is 0 Å². The van der Waals surface area contributed by atoms with Crippen molar-refractivity contribution in [3.8, 4) is 5.75 Å². The number of hydrogen-bond acceptors (Lipinski definition) is 5. The van der Waals surface area contributed by atoms with Crippen LogP contribution in [-0.4, -0.2) is 46.5 Å². The molecule has 4 rings (SSSR count). The van der Waals surface area contributed by atoms with Gasteiger partial charge in [-0.05, 0) is 49.4 Å². The molecule has 0 bridgehead atoms. The van der Waals surface area contributed by atoms with E-state index >= 15 is 0 Å². The van der Waals surface area contributed by atoms with Crippen molar-refractivity contribution in [1.82, 2.24) is 9.88 Å². The molecule has 1 fully saturated rings. The Kier molecular flexibility index (Phi) is 5.59. The van der Waals surface area contributed by atoms with E-state index in [2.05, 4.69) is 10.3 Å². The first-order valence-electron chi connectivity index (χ1n) is 9.37. The summed E-state index contributed by atoms with van der Waals surface area (Å²) >= 11 is 1.52. The summed E-state index contributed by atoms with van der Waals surface area (Å²) in [7, 11) is 1.58. The van der Waals surface area contributed by atoms with Gasteiger partial charge >= 0.3 is 0 Å².